The Balaban J connectivity index is 1.79. The molecule has 108 valence electrons. The van der Waals surface area contributed by atoms with Crippen molar-refractivity contribution < 1.29 is 9.52 Å². The molecule has 0 bridgehead atoms. The summed E-state index contributed by atoms with van der Waals surface area (Å²) in [6.07, 6.45) is 5.49. The summed E-state index contributed by atoms with van der Waals surface area (Å²) in [5, 5.41) is 22.1. The summed E-state index contributed by atoms with van der Waals surface area (Å²) >= 11 is 0. The van der Waals surface area contributed by atoms with Crippen molar-refractivity contribution in [3.63, 3.8) is 0 Å². The number of nitrogens with one attached hydrogen (secondary N) is 1. The molecule has 0 aliphatic carbocycles. The molecule has 0 radical (unpaired) electrons. The van der Waals surface area contributed by atoms with E-state index in [-0.39, 0.29) is 0 Å². The molecule has 0 amide bonds. The first-order chi connectivity index (χ1) is 10.1. The lowest BCUT2D eigenvalue weighted by molar-refractivity contribution is 0.0353. The molecule has 21 heavy (non-hydrogen) atoms. The molecule has 4 heteroatoms. The van der Waals surface area contributed by atoms with Crippen LogP contribution < -0.4 is 5.32 Å². The highest BCUT2D eigenvalue weighted by Gasteiger charge is 2.25. The molecule has 0 saturated heterocycles. The van der Waals surface area contributed by atoms with Crippen LogP contribution in [0.4, 0.5) is 0 Å². The third-order valence-electron chi connectivity index (χ3n) is 3.13. The van der Waals surface area contributed by atoms with Crippen molar-refractivity contribution in [1.29, 1.82) is 5.26 Å². The highest BCUT2D eigenvalue weighted by atomic mass is 16.4. The number of nitrogens with zero attached hydrogens (tertiary/aromatic N) is 1. The fraction of sp³-hybridized carbons (Fsp3) is 0.235. The van der Waals surface area contributed by atoms with Crippen LogP contribution in [0.1, 0.15) is 23.8 Å². The first kappa shape index (κ1) is 15.0. The van der Waals surface area contributed by atoms with Crippen LogP contribution in [0, 0.1) is 11.3 Å². The number of hydrogen-bond acceptors (Lipinski definition) is 4. The van der Waals surface area contributed by atoms with Gasteiger partial charge < -0.3 is 14.8 Å². The largest absolute Gasteiger partial charge is 0.466 e. The third kappa shape index (κ3) is 4.32. The topological polar surface area (TPSA) is 69.2 Å². The zero-order valence-electron chi connectivity index (χ0n) is 11.9. The number of benzene rings is 1. The summed E-state index contributed by atoms with van der Waals surface area (Å²) in [6.45, 7) is 2.75. The lowest BCUT2D eigenvalue weighted by Gasteiger charge is -2.20. The predicted molar refractivity (Wildman–Crippen MR) is 81.3 cm³/mol. The molecule has 1 unspecified atom stereocenters. The quantitative estimate of drug-likeness (QED) is 0.799. The molecule has 0 spiro atoms. The second-order valence-electron chi connectivity index (χ2n) is 5.02. The minimum absolute atomic E-state index is 0.401. The predicted octanol–water partition coefficient (Wildman–Crippen LogP) is 2.66. The van der Waals surface area contributed by atoms with E-state index >= 15 is 0 Å². The van der Waals surface area contributed by atoms with E-state index < -0.39 is 5.60 Å². The molecule has 1 atom stereocenters. The Morgan fingerprint density at radius 1 is 1.33 bits per heavy atom. The van der Waals surface area contributed by atoms with Gasteiger partial charge in [-0.05, 0) is 36.8 Å². The molecular weight excluding hydrogens is 264 g/mol. The van der Waals surface area contributed by atoms with Crippen LogP contribution in [0.15, 0.2) is 53.2 Å². The van der Waals surface area contributed by atoms with Crippen molar-refractivity contribution in [3.8, 4) is 6.07 Å². The Bertz CT molecular complexity index is 620. The smallest absolute Gasteiger partial charge is 0.136 e. The van der Waals surface area contributed by atoms with E-state index in [0.29, 0.717) is 24.4 Å². The fourth-order valence-corrected chi connectivity index (χ4v) is 1.93. The van der Waals surface area contributed by atoms with Crippen molar-refractivity contribution in [1.82, 2.24) is 5.32 Å². The zero-order chi connectivity index (χ0) is 15.1. The summed E-state index contributed by atoms with van der Waals surface area (Å²) in [5.74, 6) is 0.547. The van der Waals surface area contributed by atoms with Gasteiger partial charge in [0.25, 0.3) is 0 Å². The molecule has 1 aromatic heterocycles. The van der Waals surface area contributed by atoms with Gasteiger partial charge in [-0.25, -0.2) is 0 Å². The van der Waals surface area contributed by atoms with Crippen molar-refractivity contribution >= 4 is 6.08 Å². The molecule has 4 nitrogen and oxygen atoms in total. The normalized spacial score (nSPS) is 14.0. The van der Waals surface area contributed by atoms with Gasteiger partial charge in [0.2, 0.25) is 0 Å². The number of furan rings is 1. The van der Waals surface area contributed by atoms with Crippen molar-refractivity contribution in [3.05, 3.63) is 65.6 Å². The Morgan fingerprint density at radius 3 is 2.71 bits per heavy atom. The SMILES string of the molecule is CC(O)(CNC/C=C/c1ccc(C#N)cc1)c1ccco1. The standard InChI is InChI=1S/C17H18N2O2/c1-17(20,16-5-3-11-21-16)13-19-10-2-4-14-6-8-15(12-18)9-7-14/h2-9,11,19-20H,10,13H2,1H3/b4-2+. The summed E-state index contributed by atoms with van der Waals surface area (Å²) < 4.78 is 5.21. The summed E-state index contributed by atoms with van der Waals surface area (Å²) in [5.41, 5.74) is 0.666. The van der Waals surface area contributed by atoms with E-state index in [1.807, 2.05) is 24.3 Å². The number of rotatable bonds is 6. The Hall–Kier alpha value is -2.35. The Labute approximate surface area is 124 Å². The van der Waals surface area contributed by atoms with E-state index in [0.717, 1.165) is 5.56 Å². The molecule has 0 fully saturated rings. The number of nitriles is 1. The molecular formula is C17H18N2O2. The van der Waals surface area contributed by atoms with Gasteiger partial charge in [0.05, 0.1) is 17.9 Å². The molecule has 2 rings (SSSR count). The molecule has 2 aromatic rings. The second kappa shape index (κ2) is 6.89. The van der Waals surface area contributed by atoms with Gasteiger partial charge in [-0.3, -0.25) is 0 Å². The summed E-state index contributed by atoms with van der Waals surface area (Å²) in [6, 6.07) is 13.0. The van der Waals surface area contributed by atoms with Crippen LogP contribution in [-0.2, 0) is 5.60 Å². The molecule has 1 aromatic carbocycles. The fourth-order valence-electron chi connectivity index (χ4n) is 1.93. The minimum Gasteiger partial charge on any atom is -0.466 e. The van der Waals surface area contributed by atoms with Crippen molar-refractivity contribution in [2.24, 2.45) is 0 Å². The lowest BCUT2D eigenvalue weighted by atomic mass is 10.0. The minimum atomic E-state index is -1.02. The number of hydrogen-bond donors (Lipinski definition) is 2. The highest BCUT2D eigenvalue weighted by molar-refractivity contribution is 5.51. The molecule has 1 heterocycles. The summed E-state index contributed by atoms with van der Waals surface area (Å²) in [4.78, 5) is 0. The van der Waals surface area contributed by atoms with Crippen molar-refractivity contribution in [2.75, 3.05) is 13.1 Å². The average Bonchev–Trinajstić information content (AvgIpc) is 3.02. The van der Waals surface area contributed by atoms with E-state index in [1.165, 1.54) is 0 Å². The lowest BCUT2D eigenvalue weighted by Crippen LogP contribution is -2.35. The van der Waals surface area contributed by atoms with Crippen molar-refractivity contribution in [2.45, 2.75) is 12.5 Å². The van der Waals surface area contributed by atoms with Crippen LogP contribution >= 0.6 is 0 Å². The third-order valence-corrected chi connectivity index (χ3v) is 3.13. The van der Waals surface area contributed by atoms with Crippen LogP contribution in [-0.4, -0.2) is 18.2 Å². The molecule has 0 aliphatic heterocycles. The van der Waals surface area contributed by atoms with E-state index in [2.05, 4.69) is 11.4 Å². The average molecular weight is 282 g/mol. The van der Waals surface area contributed by atoms with Crippen LogP contribution in [0.2, 0.25) is 0 Å². The number of aliphatic hydroxyl groups is 1. The van der Waals surface area contributed by atoms with Gasteiger partial charge in [0, 0.05) is 13.1 Å². The van der Waals surface area contributed by atoms with E-state index in [1.54, 1.807) is 37.5 Å². The monoisotopic (exact) mass is 282 g/mol. The molecule has 2 N–H and O–H groups in total. The zero-order valence-corrected chi connectivity index (χ0v) is 11.9. The van der Waals surface area contributed by atoms with Crippen LogP contribution in [0.25, 0.3) is 6.08 Å². The first-order valence-corrected chi connectivity index (χ1v) is 6.75. The van der Waals surface area contributed by atoms with E-state index in [9.17, 15) is 5.11 Å². The maximum absolute atomic E-state index is 10.2. The van der Waals surface area contributed by atoms with Gasteiger partial charge in [0.15, 0.2) is 0 Å². The molecule has 0 saturated carbocycles. The van der Waals surface area contributed by atoms with E-state index in [4.69, 9.17) is 9.68 Å². The highest BCUT2D eigenvalue weighted by Crippen LogP contribution is 2.19. The molecule has 0 aliphatic rings. The van der Waals surface area contributed by atoms with Gasteiger partial charge >= 0.3 is 0 Å². The van der Waals surface area contributed by atoms with Gasteiger partial charge in [-0.1, -0.05) is 24.3 Å². The van der Waals surface area contributed by atoms with Crippen LogP contribution in [0.5, 0.6) is 0 Å². The Morgan fingerprint density at radius 2 is 2.10 bits per heavy atom. The van der Waals surface area contributed by atoms with Gasteiger partial charge in [-0.15, -0.1) is 0 Å². The Kier molecular flexibility index (Phi) is 4.94. The van der Waals surface area contributed by atoms with Gasteiger partial charge in [-0.2, -0.15) is 5.26 Å². The summed E-state index contributed by atoms with van der Waals surface area (Å²) in [7, 11) is 0. The van der Waals surface area contributed by atoms with Gasteiger partial charge in [0.1, 0.15) is 11.4 Å². The van der Waals surface area contributed by atoms with Crippen LogP contribution in [0.3, 0.4) is 0 Å². The maximum Gasteiger partial charge on any atom is 0.136 e. The first-order valence-electron chi connectivity index (χ1n) is 6.75. The maximum atomic E-state index is 10.2. The second-order valence-corrected chi connectivity index (χ2v) is 5.02.